The average Bonchev–Trinajstić information content (AvgIpc) is 3.31. The van der Waals surface area contributed by atoms with E-state index >= 15 is 0 Å². The largest absolute Gasteiger partial charge is 0.468 e. The number of furan rings is 1. The predicted molar refractivity (Wildman–Crippen MR) is 94.5 cm³/mol. The van der Waals surface area contributed by atoms with Crippen molar-refractivity contribution in [1.29, 1.82) is 0 Å². The molecule has 3 aromatic heterocycles. The van der Waals surface area contributed by atoms with Crippen molar-refractivity contribution in [1.82, 2.24) is 30.2 Å². The normalized spacial score (nSPS) is 12.9. The maximum absolute atomic E-state index is 13.7. The molecule has 3 heterocycles. The molecule has 1 amide bonds. The van der Waals surface area contributed by atoms with E-state index in [0.717, 1.165) is 18.3 Å². The van der Waals surface area contributed by atoms with Crippen LogP contribution in [0.3, 0.4) is 0 Å². The van der Waals surface area contributed by atoms with Crippen molar-refractivity contribution in [2.45, 2.75) is 12.2 Å². The van der Waals surface area contributed by atoms with Gasteiger partial charge < -0.3 is 9.73 Å². The van der Waals surface area contributed by atoms with E-state index in [4.69, 9.17) is 4.42 Å². The molecule has 3 rings (SSSR count). The third-order valence-corrected chi connectivity index (χ3v) is 4.11. The third-order valence-electron chi connectivity index (χ3n) is 4.11. The van der Waals surface area contributed by atoms with Gasteiger partial charge in [-0.3, -0.25) is 14.5 Å². The summed E-state index contributed by atoms with van der Waals surface area (Å²) in [4.78, 5) is 25.4. The number of likely N-dealkylation sites (N-methyl/N-ethyl adjacent to an activating group) is 1. The molecule has 154 valence electrons. The molecule has 0 radical (unpaired) electrons. The molecule has 12 heteroatoms. The number of carbonyl (C=O) groups excluding carboxylic acids is 1. The second-order valence-corrected chi connectivity index (χ2v) is 6.30. The minimum atomic E-state index is -4.89. The van der Waals surface area contributed by atoms with E-state index in [1.54, 1.807) is 31.1 Å². The van der Waals surface area contributed by atoms with Gasteiger partial charge in [-0.25, -0.2) is 9.78 Å². The molecule has 2 N–H and O–H groups in total. The van der Waals surface area contributed by atoms with Gasteiger partial charge >= 0.3 is 6.18 Å². The van der Waals surface area contributed by atoms with Crippen LogP contribution in [0.15, 0.2) is 45.9 Å². The summed E-state index contributed by atoms with van der Waals surface area (Å²) in [5.41, 5.74) is -2.54. The molecule has 3 aromatic rings. The molecule has 0 saturated heterocycles. The van der Waals surface area contributed by atoms with Crippen molar-refractivity contribution < 1.29 is 22.4 Å². The predicted octanol–water partition coefficient (Wildman–Crippen LogP) is 1.60. The Bertz CT molecular complexity index is 1020. The highest BCUT2D eigenvalue weighted by Crippen LogP contribution is 2.33. The van der Waals surface area contributed by atoms with Crippen LogP contribution in [0.1, 0.15) is 27.9 Å². The summed E-state index contributed by atoms with van der Waals surface area (Å²) in [6, 6.07) is 5.09. The first-order valence-corrected chi connectivity index (χ1v) is 8.38. The summed E-state index contributed by atoms with van der Waals surface area (Å²) in [7, 11) is 3.50. The van der Waals surface area contributed by atoms with Crippen molar-refractivity contribution in [2.24, 2.45) is 0 Å². The van der Waals surface area contributed by atoms with Crippen LogP contribution in [-0.4, -0.2) is 51.4 Å². The lowest BCUT2D eigenvalue weighted by atomic mass is 10.2. The highest BCUT2D eigenvalue weighted by Gasteiger charge is 2.41. The number of rotatable bonds is 6. The number of H-pyrrole nitrogens is 1. The average molecular weight is 410 g/mol. The van der Waals surface area contributed by atoms with Crippen LogP contribution in [-0.2, 0) is 6.18 Å². The van der Waals surface area contributed by atoms with Crippen molar-refractivity contribution >= 4 is 5.91 Å². The van der Waals surface area contributed by atoms with Gasteiger partial charge in [0.1, 0.15) is 5.76 Å². The van der Waals surface area contributed by atoms with Gasteiger partial charge in [0.25, 0.3) is 11.5 Å². The molecule has 0 spiro atoms. The van der Waals surface area contributed by atoms with Crippen molar-refractivity contribution in [3.63, 3.8) is 0 Å². The van der Waals surface area contributed by atoms with E-state index in [-0.39, 0.29) is 18.4 Å². The molecule has 0 saturated carbocycles. The monoisotopic (exact) mass is 410 g/mol. The number of hydrogen-bond donors (Lipinski definition) is 2. The van der Waals surface area contributed by atoms with Gasteiger partial charge in [-0.15, -0.1) is 0 Å². The topological polar surface area (TPSA) is 109 Å². The van der Waals surface area contributed by atoms with Crippen LogP contribution in [0, 0.1) is 0 Å². The molecule has 9 nitrogen and oxygen atoms in total. The number of alkyl halides is 3. The van der Waals surface area contributed by atoms with Gasteiger partial charge in [0.15, 0.2) is 11.5 Å². The lowest BCUT2D eigenvalue weighted by Gasteiger charge is -2.22. The van der Waals surface area contributed by atoms with E-state index in [2.05, 4.69) is 15.5 Å². The lowest BCUT2D eigenvalue weighted by molar-refractivity contribution is -0.143. The molecule has 0 aliphatic carbocycles. The summed E-state index contributed by atoms with van der Waals surface area (Å²) in [6.45, 7) is 0.0126. The maximum Gasteiger partial charge on any atom is 0.434 e. The zero-order valence-electron chi connectivity index (χ0n) is 15.4. The van der Waals surface area contributed by atoms with Crippen molar-refractivity contribution in [3.05, 3.63) is 64.1 Å². The maximum atomic E-state index is 13.7. The standard InChI is InChI=1S/C17H17F3N6O3/c1-25(2)11(12-4-3-7-29-12)9-21-16(28)10-8-22-26(15(10)17(18,19)20)13-5-6-14(27)24-23-13/h3-8,11H,9H2,1-2H3,(H,21,28)(H,24,27)/t11-/m1/s1. The molecule has 0 bridgehead atoms. The Labute approximate surface area is 162 Å². The van der Waals surface area contributed by atoms with Gasteiger partial charge in [0, 0.05) is 12.6 Å². The van der Waals surface area contributed by atoms with Crippen LogP contribution < -0.4 is 10.9 Å². The van der Waals surface area contributed by atoms with Crippen LogP contribution in [0.4, 0.5) is 13.2 Å². The number of aromatic amines is 1. The number of carbonyl (C=O) groups is 1. The summed E-state index contributed by atoms with van der Waals surface area (Å²) in [5.74, 6) is -0.677. The Morgan fingerprint density at radius 2 is 2.10 bits per heavy atom. The zero-order valence-corrected chi connectivity index (χ0v) is 15.4. The second kappa shape index (κ2) is 7.91. The fourth-order valence-corrected chi connectivity index (χ4v) is 2.72. The summed E-state index contributed by atoms with van der Waals surface area (Å²) in [6.07, 6.45) is -2.61. The van der Waals surface area contributed by atoms with Crippen LogP contribution in [0.5, 0.6) is 0 Å². The first-order valence-electron chi connectivity index (χ1n) is 8.38. The lowest BCUT2D eigenvalue weighted by Crippen LogP contribution is -2.35. The van der Waals surface area contributed by atoms with Crippen LogP contribution in [0.25, 0.3) is 5.82 Å². The van der Waals surface area contributed by atoms with E-state index in [9.17, 15) is 22.8 Å². The Hall–Kier alpha value is -3.41. The fraction of sp³-hybridized carbons (Fsp3) is 0.294. The summed E-state index contributed by atoms with van der Waals surface area (Å²) in [5, 5.41) is 11.7. The van der Waals surface area contributed by atoms with Crippen LogP contribution >= 0.6 is 0 Å². The number of aromatic nitrogens is 4. The molecule has 0 aliphatic rings. The molecule has 0 aliphatic heterocycles. The number of hydrogen-bond acceptors (Lipinski definition) is 6. The van der Waals surface area contributed by atoms with Gasteiger partial charge in [-0.1, -0.05) is 0 Å². The SMILES string of the molecule is CN(C)[C@H](CNC(=O)c1cnn(-c2ccc(=O)[nH]n2)c1C(F)(F)F)c1ccco1. The van der Waals surface area contributed by atoms with Crippen LogP contribution in [0.2, 0.25) is 0 Å². The minimum absolute atomic E-state index is 0.0126. The molecule has 1 atom stereocenters. The van der Waals surface area contributed by atoms with Crippen molar-refractivity contribution in [3.8, 4) is 5.82 Å². The van der Waals surface area contributed by atoms with Gasteiger partial charge in [-0.05, 0) is 32.3 Å². The van der Waals surface area contributed by atoms with E-state index < -0.39 is 28.9 Å². The zero-order chi connectivity index (χ0) is 21.2. The Balaban J connectivity index is 1.89. The number of amides is 1. The molecule has 0 unspecified atom stereocenters. The minimum Gasteiger partial charge on any atom is -0.468 e. The van der Waals surface area contributed by atoms with Gasteiger partial charge in [-0.2, -0.15) is 23.4 Å². The van der Waals surface area contributed by atoms with Gasteiger partial charge in [0.2, 0.25) is 0 Å². The number of nitrogens with zero attached hydrogens (tertiary/aromatic N) is 4. The third kappa shape index (κ3) is 4.37. The summed E-state index contributed by atoms with van der Waals surface area (Å²) < 4.78 is 46.7. The second-order valence-electron chi connectivity index (χ2n) is 6.30. The van der Waals surface area contributed by atoms with E-state index in [1.807, 2.05) is 5.10 Å². The highest BCUT2D eigenvalue weighted by atomic mass is 19.4. The molecular formula is C17H17F3N6O3. The Kier molecular flexibility index (Phi) is 5.55. The Morgan fingerprint density at radius 1 is 1.34 bits per heavy atom. The number of nitrogens with one attached hydrogen (secondary N) is 2. The smallest absolute Gasteiger partial charge is 0.434 e. The first kappa shape index (κ1) is 20.3. The summed E-state index contributed by atoms with van der Waals surface area (Å²) >= 11 is 0. The van der Waals surface area contributed by atoms with E-state index in [1.165, 1.54) is 6.26 Å². The number of halogens is 3. The first-order chi connectivity index (χ1) is 13.7. The fourth-order valence-electron chi connectivity index (χ4n) is 2.72. The molecule has 0 aromatic carbocycles. The molecule has 29 heavy (non-hydrogen) atoms. The highest BCUT2D eigenvalue weighted by molar-refractivity contribution is 5.95. The molecular weight excluding hydrogens is 393 g/mol. The Morgan fingerprint density at radius 3 is 2.66 bits per heavy atom. The quantitative estimate of drug-likeness (QED) is 0.639. The van der Waals surface area contributed by atoms with Crippen molar-refractivity contribution in [2.75, 3.05) is 20.6 Å². The molecule has 0 fully saturated rings. The van der Waals surface area contributed by atoms with Gasteiger partial charge in [0.05, 0.1) is 24.1 Å². The van der Waals surface area contributed by atoms with E-state index in [0.29, 0.717) is 10.4 Å².